The van der Waals surface area contributed by atoms with Gasteiger partial charge in [0.25, 0.3) is 0 Å². The minimum absolute atomic E-state index is 0.182. The van der Waals surface area contributed by atoms with E-state index in [1.807, 2.05) is 6.20 Å². The molecule has 0 aliphatic heterocycles. The van der Waals surface area contributed by atoms with Gasteiger partial charge in [0.05, 0.1) is 0 Å². The van der Waals surface area contributed by atoms with Crippen LogP contribution in [0.3, 0.4) is 0 Å². The van der Waals surface area contributed by atoms with Crippen LogP contribution in [-0.2, 0) is 6.42 Å². The number of aromatic nitrogens is 4. The number of H-pyrrole nitrogens is 1. The second-order valence-electron chi connectivity index (χ2n) is 5.23. The van der Waals surface area contributed by atoms with Crippen molar-refractivity contribution < 1.29 is 0 Å². The smallest absolute Gasteiger partial charge is 0.225 e. The second kappa shape index (κ2) is 5.90. The third-order valence-corrected chi connectivity index (χ3v) is 3.87. The number of nitrogens with two attached hydrogens (primary N) is 2. The van der Waals surface area contributed by atoms with Gasteiger partial charge < -0.3 is 16.5 Å². The van der Waals surface area contributed by atoms with Crippen molar-refractivity contribution in [2.24, 2.45) is 5.92 Å². The van der Waals surface area contributed by atoms with E-state index in [2.05, 4.69) is 46.9 Å². The van der Waals surface area contributed by atoms with Crippen LogP contribution in [-0.4, -0.2) is 19.9 Å². The summed E-state index contributed by atoms with van der Waals surface area (Å²) >= 11 is 0. The average molecular weight is 274 g/mol. The van der Waals surface area contributed by atoms with Crippen molar-refractivity contribution in [3.8, 4) is 0 Å². The Morgan fingerprint density at radius 2 is 1.80 bits per heavy atom. The van der Waals surface area contributed by atoms with E-state index in [1.54, 1.807) is 0 Å². The van der Waals surface area contributed by atoms with Gasteiger partial charge >= 0.3 is 0 Å². The quantitative estimate of drug-likeness (QED) is 0.773. The van der Waals surface area contributed by atoms with Gasteiger partial charge in [-0.05, 0) is 30.4 Å². The number of hydrogen-bond acceptors (Lipinski definition) is 5. The molecule has 6 heteroatoms. The maximum absolute atomic E-state index is 5.65. The van der Waals surface area contributed by atoms with Crippen molar-refractivity contribution in [1.29, 1.82) is 0 Å². The van der Waals surface area contributed by atoms with E-state index in [-0.39, 0.29) is 17.8 Å². The van der Waals surface area contributed by atoms with Crippen molar-refractivity contribution in [3.05, 3.63) is 29.3 Å². The maximum Gasteiger partial charge on any atom is 0.225 e. The molecule has 0 amide bonds. The summed E-state index contributed by atoms with van der Waals surface area (Å²) in [6, 6.07) is 0. The minimum Gasteiger partial charge on any atom is -0.368 e. The van der Waals surface area contributed by atoms with E-state index < -0.39 is 0 Å². The maximum atomic E-state index is 5.65. The summed E-state index contributed by atoms with van der Waals surface area (Å²) in [6.45, 7) is 6.41. The molecule has 108 valence electrons. The van der Waals surface area contributed by atoms with Crippen LogP contribution in [0.15, 0.2) is 12.4 Å². The summed E-state index contributed by atoms with van der Waals surface area (Å²) in [7, 11) is 0. The molecule has 2 aromatic heterocycles. The summed E-state index contributed by atoms with van der Waals surface area (Å²) in [5.74, 6) is 1.67. The summed E-state index contributed by atoms with van der Waals surface area (Å²) in [5, 5.41) is 0. The first-order chi connectivity index (χ1) is 9.51. The van der Waals surface area contributed by atoms with Gasteiger partial charge in [0, 0.05) is 18.3 Å². The van der Waals surface area contributed by atoms with Gasteiger partial charge in [0.2, 0.25) is 11.9 Å². The Kier molecular flexibility index (Phi) is 4.22. The van der Waals surface area contributed by atoms with Gasteiger partial charge in [-0.3, -0.25) is 0 Å². The third-order valence-electron chi connectivity index (χ3n) is 3.87. The van der Waals surface area contributed by atoms with Crippen LogP contribution in [0.4, 0.5) is 11.9 Å². The molecule has 0 aliphatic carbocycles. The van der Waals surface area contributed by atoms with Gasteiger partial charge in [-0.1, -0.05) is 20.3 Å². The van der Waals surface area contributed by atoms with Crippen LogP contribution in [0.5, 0.6) is 0 Å². The van der Waals surface area contributed by atoms with Gasteiger partial charge in [0.15, 0.2) is 0 Å². The van der Waals surface area contributed by atoms with E-state index in [0.717, 1.165) is 12.8 Å². The molecule has 0 saturated carbocycles. The molecule has 2 atom stereocenters. The van der Waals surface area contributed by atoms with Crippen molar-refractivity contribution >= 4 is 11.9 Å². The molecule has 2 rings (SSSR count). The first-order valence-electron chi connectivity index (χ1n) is 6.90. The zero-order valence-electron chi connectivity index (χ0n) is 12.2. The molecule has 0 saturated heterocycles. The van der Waals surface area contributed by atoms with Crippen LogP contribution in [0.1, 0.15) is 43.1 Å². The molecule has 0 fully saturated rings. The molecule has 6 nitrogen and oxygen atoms in total. The van der Waals surface area contributed by atoms with E-state index in [1.165, 1.54) is 11.1 Å². The predicted molar refractivity (Wildman–Crippen MR) is 80.1 cm³/mol. The van der Waals surface area contributed by atoms with Crippen molar-refractivity contribution in [1.82, 2.24) is 19.9 Å². The van der Waals surface area contributed by atoms with Crippen LogP contribution < -0.4 is 11.5 Å². The first-order valence-corrected chi connectivity index (χ1v) is 6.90. The number of anilines is 2. The molecule has 0 radical (unpaired) electrons. The minimum atomic E-state index is 0.182. The van der Waals surface area contributed by atoms with Crippen LogP contribution in [0.2, 0.25) is 0 Å². The van der Waals surface area contributed by atoms with Crippen molar-refractivity contribution in [3.63, 3.8) is 0 Å². The van der Waals surface area contributed by atoms with E-state index in [9.17, 15) is 0 Å². The average Bonchev–Trinajstić information content (AvgIpc) is 2.79. The highest BCUT2D eigenvalue weighted by molar-refractivity contribution is 5.27. The van der Waals surface area contributed by atoms with Crippen LogP contribution >= 0.6 is 0 Å². The summed E-state index contributed by atoms with van der Waals surface area (Å²) in [4.78, 5) is 15.4. The molecule has 2 aromatic rings. The predicted octanol–water partition coefficient (Wildman–Crippen LogP) is 2.04. The zero-order chi connectivity index (χ0) is 14.7. The molecule has 0 aromatic carbocycles. The summed E-state index contributed by atoms with van der Waals surface area (Å²) in [6.07, 6.45) is 6.10. The molecule has 2 unspecified atom stereocenters. The fraction of sp³-hybridized carbons (Fsp3) is 0.500. The first kappa shape index (κ1) is 14.3. The molecule has 2 heterocycles. The lowest BCUT2D eigenvalue weighted by Gasteiger charge is -2.21. The lowest BCUT2D eigenvalue weighted by Crippen LogP contribution is -2.17. The Morgan fingerprint density at radius 1 is 1.15 bits per heavy atom. The van der Waals surface area contributed by atoms with Gasteiger partial charge in [-0.2, -0.15) is 15.0 Å². The van der Waals surface area contributed by atoms with Crippen LogP contribution in [0, 0.1) is 12.8 Å². The van der Waals surface area contributed by atoms with Gasteiger partial charge in [-0.15, -0.1) is 0 Å². The number of aryl methyl sites for hydroxylation is 1. The van der Waals surface area contributed by atoms with E-state index in [0.29, 0.717) is 11.7 Å². The SMILES string of the molecule is CCC(Cc1c[nH]cc1C)C(C)c1nc(N)nc(N)n1. The summed E-state index contributed by atoms with van der Waals surface area (Å²) < 4.78 is 0. The monoisotopic (exact) mass is 274 g/mol. The van der Waals surface area contributed by atoms with Gasteiger partial charge in [0.1, 0.15) is 5.82 Å². The Labute approximate surface area is 119 Å². The molecule has 5 N–H and O–H groups in total. The number of rotatable bonds is 5. The molecule has 0 bridgehead atoms. The highest BCUT2D eigenvalue weighted by Crippen LogP contribution is 2.29. The topological polar surface area (TPSA) is 106 Å². The van der Waals surface area contributed by atoms with E-state index >= 15 is 0 Å². The molecule has 0 aliphatic rings. The number of nitrogens with zero attached hydrogens (tertiary/aromatic N) is 3. The number of aromatic amines is 1. The second-order valence-corrected chi connectivity index (χ2v) is 5.23. The molecule has 20 heavy (non-hydrogen) atoms. The standard InChI is InChI=1S/C14H22N6/c1-4-10(5-11-7-17-6-8(11)2)9(3)12-18-13(15)20-14(16)19-12/h6-7,9-10,17H,4-5H2,1-3H3,(H4,15,16,18,19,20). The molecular formula is C14H22N6. The van der Waals surface area contributed by atoms with Gasteiger partial charge in [-0.25, -0.2) is 0 Å². The van der Waals surface area contributed by atoms with Crippen molar-refractivity contribution in [2.45, 2.75) is 39.5 Å². The normalized spacial score (nSPS) is 14.2. The fourth-order valence-electron chi connectivity index (χ4n) is 2.49. The number of nitrogen functional groups attached to an aromatic ring is 2. The Balaban J connectivity index is 2.20. The highest BCUT2D eigenvalue weighted by Gasteiger charge is 2.22. The number of nitrogens with one attached hydrogen (secondary N) is 1. The molecule has 0 spiro atoms. The fourth-order valence-corrected chi connectivity index (χ4v) is 2.49. The largest absolute Gasteiger partial charge is 0.368 e. The lowest BCUT2D eigenvalue weighted by atomic mass is 9.85. The third kappa shape index (κ3) is 3.07. The Hall–Kier alpha value is -2.11. The molecular weight excluding hydrogens is 252 g/mol. The summed E-state index contributed by atoms with van der Waals surface area (Å²) in [5.41, 5.74) is 13.9. The van der Waals surface area contributed by atoms with E-state index in [4.69, 9.17) is 11.5 Å². The Morgan fingerprint density at radius 3 is 2.30 bits per heavy atom. The highest BCUT2D eigenvalue weighted by atomic mass is 15.1. The van der Waals surface area contributed by atoms with Crippen LogP contribution in [0.25, 0.3) is 0 Å². The lowest BCUT2D eigenvalue weighted by molar-refractivity contribution is 0.414. The van der Waals surface area contributed by atoms with Crippen molar-refractivity contribution in [2.75, 3.05) is 11.5 Å². The Bertz CT molecular complexity index is 557. The zero-order valence-corrected chi connectivity index (χ0v) is 12.2. The number of hydrogen-bond donors (Lipinski definition) is 3.